The molecule has 138 valence electrons. The molecule has 0 spiro atoms. The molecule has 9 heteroatoms. The molecule has 27 heavy (non-hydrogen) atoms. The first-order valence-electron chi connectivity index (χ1n) is 8.16. The maximum atomic E-state index is 12.6. The Bertz CT molecular complexity index is 950. The number of thioether (sulfide) groups is 1. The van der Waals surface area contributed by atoms with Crippen molar-refractivity contribution in [2.45, 2.75) is 18.9 Å². The van der Waals surface area contributed by atoms with Crippen LogP contribution in [-0.4, -0.2) is 44.7 Å². The summed E-state index contributed by atoms with van der Waals surface area (Å²) < 4.78 is 10.5. The molecule has 1 aromatic carbocycles. The molecular formula is C18H16N4O4S. The van der Waals surface area contributed by atoms with Gasteiger partial charge in [-0.15, -0.1) is 11.8 Å². The SMILES string of the molecule is COc1ccc(COC(=O)C2=CS[C@@H]3C(=C(C)c4cn[nH]n4)C(=O)N23)cc1. The predicted molar refractivity (Wildman–Crippen MR) is 98.1 cm³/mol. The van der Waals surface area contributed by atoms with Crippen molar-refractivity contribution in [1.82, 2.24) is 20.3 Å². The second-order valence-corrected chi connectivity index (χ2v) is 6.94. The van der Waals surface area contributed by atoms with E-state index < -0.39 is 5.97 Å². The summed E-state index contributed by atoms with van der Waals surface area (Å²) in [6.07, 6.45) is 1.56. The maximum absolute atomic E-state index is 12.6. The molecule has 0 aliphatic carbocycles. The van der Waals surface area contributed by atoms with Gasteiger partial charge in [-0.05, 0) is 30.2 Å². The highest BCUT2D eigenvalue weighted by molar-refractivity contribution is 8.03. The summed E-state index contributed by atoms with van der Waals surface area (Å²) in [7, 11) is 1.59. The first-order valence-corrected chi connectivity index (χ1v) is 9.10. The Kier molecular flexibility index (Phi) is 4.44. The van der Waals surface area contributed by atoms with E-state index in [1.807, 2.05) is 19.1 Å². The number of rotatable bonds is 5. The molecular weight excluding hydrogens is 368 g/mol. The molecule has 1 amide bonds. The van der Waals surface area contributed by atoms with Crippen molar-refractivity contribution in [2.75, 3.05) is 7.11 Å². The lowest BCUT2D eigenvalue weighted by molar-refractivity contribution is -0.146. The normalized spacial score (nSPS) is 19.9. The van der Waals surface area contributed by atoms with Crippen molar-refractivity contribution in [3.63, 3.8) is 0 Å². The maximum Gasteiger partial charge on any atom is 0.355 e. The number of methoxy groups -OCH3 is 1. The average molecular weight is 384 g/mol. The van der Waals surface area contributed by atoms with Gasteiger partial charge in [0.05, 0.1) is 18.9 Å². The molecule has 1 atom stereocenters. The number of aromatic amines is 1. The van der Waals surface area contributed by atoms with E-state index in [1.165, 1.54) is 16.7 Å². The Labute approximate surface area is 159 Å². The monoisotopic (exact) mass is 384 g/mol. The number of nitrogens with one attached hydrogen (secondary N) is 1. The summed E-state index contributed by atoms with van der Waals surface area (Å²) in [5.74, 6) is 0.00116. The van der Waals surface area contributed by atoms with Crippen LogP contribution in [0.1, 0.15) is 18.2 Å². The van der Waals surface area contributed by atoms with Crippen molar-refractivity contribution in [3.05, 3.63) is 58.4 Å². The third kappa shape index (κ3) is 2.99. The fraction of sp³-hybridized carbons (Fsp3) is 0.222. The van der Waals surface area contributed by atoms with Crippen LogP contribution in [0.25, 0.3) is 5.57 Å². The smallest absolute Gasteiger partial charge is 0.355 e. The van der Waals surface area contributed by atoms with Gasteiger partial charge in [0.25, 0.3) is 5.91 Å². The number of hydrogen-bond acceptors (Lipinski definition) is 7. The molecule has 3 heterocycles. The van der Waals surface area contributed by atoms with Crippen molar-refractivity contribution in [2.24, 2.45) is 0 Å². The third-order valence-corrected chi connectivity index (χ3v) is 5.50. The van der Waals surface area contributed by atoms with E-state index in [9.17, 15) is 9.59 Å². The van der Waals surface area contributed by atoms with Gasteiger partial charge in [0, 0.05) is 5.41 Å². The van der Waals surface area contributed by atoms with Gasteiger partial charge in [-0.25, -0.2) is 4.79 Å². The number of aromatic nitrogens is 3. The molecule has 2 aromatic rings. The molecule has 4 rings (SSSR count). The molecule has 2 aliphatic heterocycles. The van der Waals surface area contributed by atoms with Crippen LogP contribution in [0.15, 0.2) is 47.1 Å². The van der Waals surface area contributed by atoms with Gasteiger partial charge in [-0.3, -0.25) is 9.69 Å². The van der Waals surface area contributed by atoms with Gasteiger partial charge >= 0.3 is 5.97 Å². The van der Waals surface area contributed by atoms with Crippen LogP contribution in [0.3, 0.4) is 0 Å². The highest BCUT2D eigenvalue weighted by Crippen LogP contribution is 2.47. The molecule has 0 bridgehead atoms. The minimum Gasteiger partial charge on any atom is -0.497 e. The largest absolute Gasteiger partial charge is 0.497 e. The average Bonchev–Trinajstić information content (AvgIpc) is 3.34. The van der Waals surface area contributed by atoms with Crippen LogP contribution >= 0.6 is 11.8 Å². The molecule has 2 aliphatic rings. The Morgan fingerprint density at radius 1 is 1.33 bits per heavy atom. The summed E-state index contributed by atoms with van der Waals surface area (Å²) in [6, 6.07) is 7.24. The Morgan fingerprint density at radius 2 is 2.11 bits per heavy atom. The van der Waals surface area contributed by atoms with Gasteiger partial charge in [0.2, 0.25) is 0 Å². The van der Waals surface area contributed by atoms with E-state index in [-0.39, 0.29) is 23.6 Å². The van der Waals surface area contributed by atoms with Crippen molar-refractivity contribution in [1.29, 1.82) is 0 Å². The first kappa shape index (κ1) is 17.3. The Balaban J connectivity index is 1.42. The number of esters is 1. The van der Waals surface area contributed by atoms with Crippen LogP contribution in [0.2, 0.25) is 0 Å². The molecule has 1 saturated heterocycles. The van der Waals surface area contributed by atoms with E-state index in [0.29, 0.717) is 11.3 Å². The molecule has 1 fully saturated rings. The zero-order valence-electron chi connectivity index (χ0n) is 14.6. The number of carbonyl (C=O) groups excluding carboxylic acids is 2. The van der Waals surface area contributed by atoms with E-state index in [4.69, 9.17) is 9.47 Å². The number of allylic oxidation sites excluding steroid dienone is 1. The lowest BCUT2D eigenvalue weighted by atomic mass is 9.98. The topological polar surface area (TPSA) is 97.4 Å². The fourth-order valence-electron chi connectivity index (χ4n) is 2.91. The highest BCUT2D eigenvalue weighted by Gasteiger charge is 2.51. The van der Waals surface area contributed by atoms with Crippen LogP contribution < -0.4 is 4.74 Å². The second kappa shape index (κ2) is 6.92. The summed E-state index contributed by atoms with van der Waals surface area (Å²) in [5, 5.41) is 11.7. The van der Waals surface area contributed by atoms with Crippen molar-refractivity contribution >= 4 is 29.2 Å². The number of carbonyl (C=O) groups is 2. The summed E-state index contributed by atoms with van der Waals surface area (Å²) in [4.78, 5) is 26.4. The summed E-state index contributed by atoms with van der Waals surface area (Å²) in [6.45, 7) is 1.95. The highest BCUT2D eigenvalue weighted by atomic mass is 32.2. The number of benzene rings is 1. The van der Waals surface area contributed by atoms with E-state index >= 15 is 0 Å². The third-order valence-electron chi connectivity index (χ3n) is 4.44. The number of H-pyrrole nitrogens is 1. The van der Waals surface area contributed by atoms with Gasteiger partial charge in [0.15, 0.2) is 0 Å². The second-order valence-electron chi connectivity index (χ2n) is 5.98. The van der Waals surface area contributed by atoms with Gasteiger partial charge in [0.1, 0.15) is 29.1 Å². The van der Waals surface area contributed by atoms with Gasteiger partial charge in [-0.2, -0.15) is 15.4 Å². The number of hydrogen-bond donors (Lipinski definition) is 1. The van der Waals surface area contributed by atoms with Crippen molar-refractivity contribution < 1.29 is 19.1 Å². The molecule has 0 unspecified atom stereocenters. The minimum absolute atomic E-state index is 0.123. The van der Waals surface area contributed by atoms with Gasteiger partial charge in [-0.1, -0.05) is 12.1 Å². The fourth-order valence-corrected chi connectivity index (χ4v) is 4.12. The van der Waals surface area contributed by atoms with Gasteiger partial charge < -0.3 is 9.47 Å². The molecule has 0 radical (unpaired) electrons. The van der Waals surface area contributed by atoms with Crippen LogP contribution in [0.5, 0.6) is 5.75 Å². The summed E-state index contributed by atoms with van der Waals surface area (Å²) >= 11 is 1.40. The number of β-lactam (4-membered cyclic amide) rings is 1. The number of nitrogens with zero attached hydrogens (tertiary/aromatic N) is 3. The minimum atomic E-state index is -0.521. The predicted octanol–water partition coefficient (Wildman–Crippen LogP) is 2.09. The molecule has 8 nitrogen and oxygen atoms in total. The van der Waals surface area contributed by atoms with Crippen LogP contribution in [0.4, 0.5) is 0 Å². The Morgan fingerprint density at radius 3 is 2.78 bits per heavy atom. The number of fused-ring (bicyclic) bond motifs is 1. The van der Waals surface area contributed by atoms with E-state index in [0.717, 1.165) is 16.9 Å². The number of ether oxygens (including phenoxy) is 2. The standard InChI is InChI=1S/C18H16N4O4S/c1-10(13-7-19-21-20-13)15-16(23)22-14(9-27-17(15)22)18(24)26-8-11-3-5-12(25-2)6-4-11/h3-7,9,17H,8H2,1-2H3,(H,19,20,21)/t17-/m1/s1. The summed E-state index contributed by atoms with van der Waals surface area (Å²) in [5.41, 5.74) is 3.10. The molecule has 0 saturated carbocycles. The number of amides is 1. The van der Waals surface area contributed by atoms with Crippen LogP contribution in [-0.2, 0) is 20.9 Å². The quantitative estimate of drug-likeness (QED) is 0.479. The van der Waals surface area contributed by atoms with Crippen molar-refractivity contribution in [3.8, 4) is 5.75 Å². The lowest BCUT2D eigenvalue weighted by Crippen LogP contribution is -2.51. The zero-order chi connectivity index (χ0) is 19.0. The van der Waals surface area contributed by atoms with Crippen LogP contribution in [0, 0.1) is 0 Å². The zero-order valence-corrected chi connectivity index (χ0v) is 15.4. The first-order chi connectivity index (χ1) is 13.1. The van der Waals surface area contributed by atoms with E-state index in [1.54, 1.807) is 30.8 Å². The van der Waals surface area contributed by atoms with E-state index in [2.05, 4.69) is 15.4 Å². The molecule has 1 N–H and O–H groups in total. The Hall–Kier alpha value is -3.07. The lowest BCUT2D eigenvalue weighted by Gasteiger charge is -2.38. The molecule has 1 aromatic heterocycles.